The first-order valence-electron chi connectivity index (χ1n) is 6.30. The van der Waals surface area contributed by atoms with E-state index in [1.807, 2.05) is 0 Å². The van der Waals surface area contributed by atoms with Crippen LogP contribution < -0.4 is 0 Å². The van der Waals surface area contributed by atoms with Crippen LogP contribution in [0.5, 0.6) is 0 Å². The first-order valence-corrected chi connectivity index (χ1v) is 6.30. The van der Waals surface area contributed by atoms with Gasteiger partial charge in [0.1, 0.15) is 5.78 Å². The second-order valence-corrected chi connectivity index (χ2v) is 5.02. The van der Waals surface area contributed by atoms with Crippen molar-refractivity contribution in [3.05, 3.63) is 0 Å². The van der Waals surface area contributed by atoms with Crippen LogP contribution in [0.25, 0.3) is 0 Å². The molecule has 2 nitrogen and oxygen atoms in total. The second kappa shape index (κ2) is 5.64. The third kappa shape index (κ3) is 3.04. The van der Waals surface area contributed by atoms with Gasteiger partial charge in [-0.15, -0.1) is 0 Å². The number of hydrogen-bond acceptors (Lipinski definition) is 2. The van der Waals surface area contributed by atoms with E-state index in [4.69, 9.17) is 0 Å². The van der Waals surface area contributed by atoms with Gasteiger partial charge in [0.05, 0.1) is 6.04 Å². The Kier molecular flexibility index (Phi) is 4.78. The molecule has 15 heavy (non-hydrogen) atoms. The molecule has 0 amide bonds. The Morgan fingerprint density at radius 1 is 1.33 bits per heavy atom. The normalized spacial score (nSPS) is 32.9. The smallest absolute Gasteiger partial charge is 0.146 e. The van der Waals surface area contributed by atoms with Crippen molar-refractivity contribution in [3.8, 4) is 0 Å². The molecule has 0 bridgehead atoms. The highest BCUT2D eigenvalue weighted by Gasteiger charge is 2.34. The second-order valence-electron chi connectivity index (χ2n) is 5.02. The number of rotatable bonds is 4. The summed E-state index contributed by atoms with van der Waals surface area (Å²) in [6.07, 6.45) is 4.88. The molecule has 1 saturated heterocycles. The van der Waals surface area contributed by atoms with Crippen molar-refractivity contribution < 1.29 is 4.79 Å². The lowest BCUT2D eigenvalue weighted by molar-refractivity contribution is -0.124. The van der Waals surface area contributed by atoms with Crippen LogP contribution in [-0.2, 0) is 4.79 Å². The van der Waals surface area contributed by atoms with E-state index >= 15 is 0 Å². The Morgan fingerprint density at radius 2 is 2.00 bits per heavy atom. The van der Waals surface area contributed by atoms with Gasteiger partial charge in [-0.2, -0.15) is 0 Å². The molecule has 0 N–H and O–H groups in total. The predicted octanol–water partition coefficient (Wildman–Crippen LogP) is 2.72. The number of Topliss-reactive ketones (excluding diaryl/α,β-unsaturated/α-hetero) is 1. The fraction of sp³-hybridized carbons (Fsp3) is 0.923. The number of hydrogen-bond donors (Lipinski definition) is 0. The minimum atomic E-state index is 0.183. The van der Waals surface area contributed by atoms with E-state index in [0.29, 0.717) is 5.78 Å². The van der Waals surface area contributed by atoms with E-state index in [-0.39, 0.29) is 6.04 Å². The van der Waals surface area contributed by atoms with Crippen LogP contribution in [0.4, 0.5) is 0 Å². The predicted molar refractivity (Wildman–Crippen MR) is 63.9 cm³/mol. The Labute approximate surface area is 94.0 Å². The fourth-order valence-electron chi connectivity index (χ4n) is 2.98. The van der Waals surface area contributed by atoms with Crippen LogP contribution >= 0.6 is 0 Å². The first-order chi connectivity index (χ1) is 7.10. The van der Waals surface area contributed by atoms with Crippen LogP contribution in [0.3, 0.4) is 0 Å². The van der Waals surface area contributed by atoms with Gasteiger partial charge in [0, 0.05) is 6.54 Å². The lowest BCUT2D eigenvalue weighted by Crippen LogP contribution is -2.48. The van der Waals surface area contributed by atoms with Crippen molar-refractivity contribution in [2.45, 2.75) is 52.5 Å². The van der Waals surface area contributed by atoms with Gasteiger partial charge in [-0.25, -0.2) is 0 Å². The summed E-state index contributed by atoms with van der Waals surface area (Å²) in [5.74, 6) is 1.90. The third-order valence-corrected chi connectivity index (χ3v) is 3.90. The van der Waals surface area contributed by atoms with E-state index in [9.17, 15) is 4.79 Å². The van der Waals surface area contributed by atoms with Crippen LogP contribution in [0.2, 0.25) is 0 Å². The molecule has 1 heterocycles. The van der Waals surface area contributed by atoms with Gasteiger partial charge in [0.2, 0.25) is 0 Å². The van der Waals surface area contributed by atoms with Gasteiger partial charge in [-0.1, -0.05) is 26.7 Å². The zero-order chi connectivity index (χ0) is 11.4. The Balaban J connectivity index is 2.64. The van der Waals surface area contributed by atoms with Gasteiger partial charge in [0.25, 0.3) is 0 Å². The number of ketones is 1. The molecule has 3 atom stereocenters. The minimum Gasteiger partial charge on any atom is -0.298 e. The fourth-order valence-corrected chi connectivity index (χ4v) is 2.98. The largest absolute Gasteiger partial charge is 0.298 e. The minimum absolute atomic E-state index is 0.183. The molecule has 3 unspecified atom stereocenters. The van der Waals surface area contributed by atoms with Crippen LogP contribution in [-0.4, -0.2) is 30.3 Å². The average Bonchev–Trinajstić information content (AvgIpc) is 2.18. The molecular weight excluding hydrogens is 186 g/mol. The third-order valence-electron chi connectivity index (χ3n) is 3.90. The molecule has 0 aliphatic carbocycles. The highest BCUT2D eigenvalue weighted by Crippen LogP contribution is 2.32. The average molecular weight is 211 g/mol. The Morgan fingerprint density at radius 3 is 2.47 bits per heavy atom. The molecule has 2 heteroatoms. The molecule has 0 aromatic carbocycles. The number of nitrogens with zero attached hydrogens (tertiary/aromatic N) is 1. The van der Waals surface area contributed by atoms with Crippen LogP contribution in [0.15, 0.2) is 0 Å². The quantitative estimate of drug-likeness (QED) is 0.712. The zero-order valence-corrected chi connectivity index (χ0v) is 10.6. The molecule has 1 fully saturated rings. The monoisotopic (exact) mass is 211 g/mol. The number of likely N-dealkylation sites (N-methyl/N-ethyl adjacent to an activating group) is 1. The highest BCUT2D eigenvalue weighted by molar-refractivity contribution is 5.81. The van der Waals surface area contributed by atoms with Gasteiger partial charge >= 0.3 is 0 Å². The van der Waals surface area contributed by atoms with Crippen LogP contribution in [0.1, 0.15) is 46.5 Å². The molecular formula is C13H25NO. The van der Waals surface area contributed by atoms with Gasteiger partial charge < -0.3 is 0 Å². The summed E-state index contributed by atoms with van der Waals surface area (Å²) in [5.41, 5.74) is 0. The molecule has 1 rings (SSSR count). The number of piperidine rings is 1. The summed E-state index contributed by atoms with van der Waals surface area (Å²) in [6.45, 7) is 7.35. The number of carbonyl (C=O) groups is 1. The topological polar surface area (TPSA) is 20.3 Å². The van der Waals surface area contributed by atoms with Crippen molar-refractivity contribution in [2.75, 3.05) is 13.6 Å². The Hall–Kier alpha value is -0.370. The first kappa shape index (κ1) is 12.7. The van der Waals surface area contributed by atoms with Gasteiger partial charge in [-0.05, 0) is 38.6 Å². The maximum absolute atomic E-state index is 11.5. The van der Waals surface area contributed by atoms with E-state index in [1.165, 1.54) is 19.3 Å². The summed E-state index contributed by atoms with van der Waals surface area (Å²) in [5, 5.41) is 0. The maximum Gasteiger partial charge on any atom is 0.146 e. The summed E-state index contributed by atoms with van der Waals surface area (Å²) in [6, 6.07) is 0.183. The van der Waals surface area contributed by atoms with Crippen molar-refractivity contribution in [1.29, 1.82) is 0 Å². The van der Waals surface area contributed by atoms with Gasteiger partial charge in [0.15, 0.2) is 0 Å². The molecule has 88 valence electrons. The molecule has 0 radical (unpaired) electrons. The van der Waals surface area contributed by atoms with E-state index < -0.39 is 0 Å². The lowest BCUT2D eigenvalue weighted by Gasteiger charge is -2.41. The molecule has 0 aromatic rings. The molecule has 0 spiro atoms. The standard InChI is InChI=1S/C13H25NO/c1-5-7-12-9-14(4)13(10(3)15)8-11(12)6-2/h11-13H,5-9H2,1-4H3. The molecule has 0 saturated carbocycles. The zero-order valence-electron chi connectivity index (χ0n) is 10.6. The van der Waals surface area contributed by atoms with Crippen molar-refractivity contribution in [3.63, 3.8) is 0 Å². The molecule has 1 aliphatic rings. The number of likely N-dealkylation sites (tertiary alicyclic amines) is 1. The summed E-state index contributed by atoms with van der Waals surface area (Å²) >= 11 is 0. The van der Waals surface area contributed by atoms with Crippen LogP contribution in [0, 0.1) is 11.8 Å². The summed E-state index contributed by atoms with van der Waals surface area (Å²) < 4.78 is 0. The molecule has 1 aliphatic heterocycles. The Bertz CT molecular complexity index is 215. The summed E-state index contributed by atoms with van der Waals surface area (Å²) in [4.78, 5) is 13.8. The summed E-state index contributed by atoms with van der Waals surface area (Å²) in [7, 11) is 2.10. The van der Waals surface area contributed by atoms with Crippen molar-refractivity contribution >= 4 is 5.78 Å². The molecule has 0 aromatic heterocycles. The van der Waals surface area contributed by atoms with Crippen molar-refractivity contribution in [1.82, 2.24) is 4.90 Å². The SMILES string of the molecule is CCCC1CN(C)C(C(C)=O)CC1CC. The van der Waals surface area contributed by atoms with E-state index in [1.54, 1.807) is 6.92 Å². The lowest BCUT2D eigenvalue weighted by atomic mass is 9.77. The maximum atomic E-state index is 11.5. The van der Waals surface area contributed by atoms with Gasteiger partial charge in [-0.3, -0.25) is 9.69 Å². The van der Waals surface area contributed by atoms with E-state index in [2.05, 4.69) is 25.8 Å². The van der Waals surface area contributed by atoms with Crippen molar-refractivity contribution in [2.24, 2.45) is 11.8 Å². The number of carbonyl (C=O) groups excluding carboxylic acids is 1. The highest BCUT2D eigenvalue weighted by atomic mass is 16.1. The van der Waals surface area contributed by atoms with E-state index in [0.717, 1.165) is 24.8 Å².